The maximum atomic E-state index is 11.6. The van der Waals surface area contributed by atoms with Crippen LogP contribution in [0.4, 0.5) is 5.82 Å². The number of nitrogens with two attached hydrogens (primary N) is 1. The van der Waals surface area contributed by atoms with E-state index in [2.05, 4.69) is 4.98 Å². The second-order valence-corrected chi connectivity index (χ2v) is 3.99. The van der Waals surface area contributed by atoms with Crippen LogP contribution in [0.25, 0.3) is 16.9 Å². The fourth-order valence-corrected chi connectivity index (χ4v) is 2.01. The van der Waals surface area contributed by atoms with Gasteiger partial charge in [-0.25, -0.2) is 0 Å². The van der Waals surface area contributed by atoms with Crippen LogP contribution in [0.3, 0.4) is 0 Å². The molecular formula is C14H11N3O. The summed E-state index contributed by atoms with van der Waals surface area (Å²) in [5.74, 6) is 0.554. The van der Waals surface area contributed by atoms with E-state index >= 15 is 0 Å². The molecule has 2 aromatic heterocycles. The van der Waals surface area contributed by atoms with Crippen molar-refractivity contribution in [1.82, 2.24) is 9.38 Å². The van der Waals surface area contributed by atoms with Gasteiger partial charge >= 0.3 is 0 Å². The fourth-order valence-electron chi connectivity index (χ4n) is 2.01. The Morgan fingerprint density at radius 1 is 1.00 bits per heavy atom. The summed E-state index contributed by atoms with van der Waals surface area (Å²) in [6, 6.07) is 16.5. The van der Waals surface area contributed by atoms with Crippen LogP contribution in [0.1, 0.15) is 0 Å². The SMILES string of the molecule is Nc1cccc2nc(=O)cc(-c3ccccc3)n12. The van der Waals surface area contributed by atoms with Crippen molar-refractivity contribution in [3.05, 3.63) is 65.0 Å². The van der Waals surface area contributed by atoms with Gasteiger partial charge in [0.25, 0.3) is 5.56 Å². The van der Waals surface area contributed by atoms with Crippen LogP contribution < -0.4 is 11.3 Å². The zero-order chi connectivity index (χ0) is 12.5. The Kier molecular flexibility index (Phi) is 2.34. The van der Waals surface area contributed by atoms with Gasteiger partial charge in [-0.1, -0.05) is 36.4 Å². The molecule has 0 atom stereocenters. The van der Waals surface area contributed by atoms with Crippen molar-refractivity contribution in [3.8, 4) is 11.3 Å². The number of aromatic nitrogens is 2. The molecule has 4 nitrogen and oxygen atoms in total. The molecule has 0 fully saturated rings. The van der Waals surface area contributed by atoms with Gasteiger partial charge in [0.05, 0.1) is 5.69 Å². The van der Waals surface area contributed by atoms with E-state index in [9.17, 15) is 4.79 Å². The zero-order valence-electron chi connectivity index (χ0n) is 9.58. The average molecular weight is 237 g/mol. The third kappa shape index (κ3) is 1.64. The van der Waals surface area contributed by atoms with Crippen molar-refractivity contribution in [2.24, 2.45) is 0 Å². The second kappa shape index (κ2) is 4.00. The summed E-state index contributed by atoms with van der Waals surface area (Å²) in [6.07, 6.45) is 0. The molecule has 0 amide bonds. The Morgan fingerprint density at radius 3 is 2.56 bits per heavy atom. The quantitative estimate of drug-likeness (QED) is 0.703. The van der Waals surface area contributed by atoms with Gasteiger partial charge in [0.2, 0.25) is 0 Å². The third-order valence-corrected chi connectivity index (χ3v) is 2.79. The first-order valence-electron chi connectivity index (χ1n) is 5.59. The summed E-state index contributed by atoms with van der Waals surface area (Å²) >= 11 is 0. The molecule has 4 heteroatoms. The lowest BCUT2D eigenvalue weighted by Crippen LogP contribution is -2.12. The molecule has 2 heterocycles. The molecular weight excluding hydrogens is 226 g/mol. The first-order valence-corrected chi connectivity index (χ1v) is 5.59. The highest BCUT2D eigenvalue weighted by molar-refractivity contribution is 5.65. The Labute approximate surface area is 103 Å². The molecule has 3 rings (SSSR count). The van der Waals surface area contributed by atoms with Crippen LogP contribution in [-0.4, -0.2) is 9.38 Å². The Hall–Kier alpha value is -2.62. The summed E-state index contributed by atoms with van der Waals surface area (Å²) in [4.78, 5) is 15.6. The van der Waals surface area contributed by atoms with Gasteiger partial charge in [-0.05, 0) is 17.7 Å². The van der Waals surface area contributed by atoms with E-state index in [0.29, 0.717) is 11.5 Å². The molecule has 3 aromatic rings. The lowest BCUT2D eigenvalue weighted by atomic mass is 10.1. The van der Waals surface area contributed by atoms with Gasteiger partial charge in [0, 0.05) is 6.07 Å². The second-order valence-electron chi connectivity index (χ2n) is 3.99. The van der Waals surface area contributed by atoms with Crippen LogP contribution in [0.2, 0.25) is 0 Å². The number of rotatable bonds is 1. The number of pyridine rings is 1. The van der Waals surface area contributed by atoms with Crippen molar-refractivity contribution in [2.45, 2.75) is 0 Å². The molecule has 2 N–H and O–H groups in total. The van der Waals surface area contributed by atoms with Crippen molar-refractivity contribution < 1.29 is 0 Å². The predicted octanol–water partition coefficient (Wildman–Crippen LogP) is 1.94. The summed E-state index contributed by atoms with van der Waals surface area (Å²) in [7, 11) is 0. The number of nitrogens with zero attached hydrogens (tertiary/aromatic N) is 2. The van der Waals surface area contributed by atoms with E-state index in [0.717, 1.165) is 11.3 Å². The van der Waals surface area contributed by atoms with E-state index in [1.54, 1.807) is 22.6 Å². The van der Waals surface area contributed by atoms with Gasteiger partial charge < -0.3 is 5.73 Å². The molecule has 0 unspecified atom stereocenters. The number of anilines is 1. The molecule has 0 aliphatic carbocycles. The van der Waals surface area contributed by atoms with Crippen LogP contribution >= 0.6 is 0 Å². The predicted molar refractivity (Wildman–Crippen MR) is 71.3 cm³/mol. The highest BCUT2D eigenvalue weighted by atomic mass is 16.1. The van der Waals surface area contributed by atoms with Gasteiger partial charge in [-0.15, -0.1) is 0 Å². The monoisotopic (exact) mass is 237 g/mol. The number of nitrogen functional groups attached to an aromatic ring is 1. The minimum Gasteiger partial charge on any atom is -0.385 e. The molecule has 0 bridgehead atoms. The highest BCUT2D eigenvalue weighted by Crippen LogP contribution is 2.20. The van der Waals surface area contributed by atoms with E-state index in [1.807, 2.05) is 30.3 Å². The lowest BCUT2D eigenvalue weighted by molar-refractivity contribution is 1.09. The third-order valence-electron chi connectivity index (χ3n) is 2.79. The number of hydrogen-bond acceptors (Lipinski definition) is 3. The maximum absolute atomic E-state index is 11.6. The first kappa shape index (κ1) is 10.5. The number of hydrogen-bond donors (Lipinski definition) is 1. The Morgan fingerprint density at radius 2 is 1.78 bits per heavy atom. The van der Waals surface area contributed by atoms with E-state index in [-0.39, 0.29) is 5.56 Å². The summed E-state index contributed by atoms with van der Waals surface area (Å²) < 4.78 is 1.77. The zero-order valence-corrected chi connectivity index (χ0v) is 9.58. The summed E-state index contributed by atoms with van der Waals surface area (Å²) in [5.41, 5.74) is 7.95. The number of benzene rings is 1. The summed E-state index contributed by atoms with van der Waals surface area (Å²) in [6.45, 7) is 0. The largest absolute Gasteiger partial charge is 0.385 e. The van der Waals surface area contributed by atoms with Crippen LogP contribution in [-0.2, 0) is 0 Å². The smallest absolute Gasteiger partial charge is 0.273 e. The van der Waals surface area contributed by atoms with Crippen LogP contribution in [0.5, 0.6) is 0 Å². The molecule has 0 saturated carbocycles. The molecule has 0 spiro atoms. The van der Waals surface area contributed by atoms with E-state index < -0.39 is 0 Å². The van der Waals surface area contributed by atoms with E-state index in [1.165, 1.54) is 6.07 Å². The molecule has 0 aliphatic rings. The molecule has 0 saturated heterocycles. The first-order chi connectivity index (χ1) is 8.75. The normalized spacial score (nSPS) is 10.7. The Balaban J connectivity index is 2.45. The average Bonchev–Trinajstić information content (AvgIpc) is 2.39. The highest BCUT2D eigenvalue weighted by Gasteiger charge is 2.07. The van der Waals surface area contributed by atoms with Crippen LogP contribution in [0, 0.1) is 0 Å². The van der Waals surface area contributed by atoms with Gasteiger partial charge in [-0.3, -0.25) is 9.20 Å². The standard InChI is InChI=1S/C14H11N3O/c15-12-7-4-8-13-16-14(18)9-11(17(12)13)10-5-2-1-3-6-10/h1-9H,15H2. The fraction of sp³-hybridized carbons (Fsp3) is 0. The lowest BCUT2D eigenvalue weighted by Gasteiger charge is -2.10. The van der Waals surface area contributed by atoms with Crippen molar-refractivity contribution >= 4 is 11.5 Å². The van der Waals surface area contributed by atoms with Crippen molar-refractivity contribution in [1.29, 1.82) is 0 Å². The maximum Gasteiger partial charge on any atom is 0.273 e. The molecule has 0 radical (unpaired) electrons. The Bertz CT molecular complexity index is 763. The van der Waals surface area contributed by atoms with Gasteiger partial charge in [-0.2, -0.15) is 4.98 Å². The minimum atomic E-state index is -0.264. The van der Waals surface area contributed by atoms with Crippen molar-refractivity contribution in [2.75, 3.05) is 5.73 Å². The topological polar surface area (TPSA) is 60.4 Å². The number of fused-ring (bicyclic) bond motifs is 1. The molecule has 0 aliphatic heterocycles. The minimum absolute atomic E-state index is 0.264. The summed E-state index contributed by atoms with van der Waals surface area (Å²) in [5, 5.41) is 0. The van der Waals surface area contributed by atoms with Gasteiger partial charge in [0.15, 0.2) is 0 Å². The molecule has 18 heavy (non-hydrogen) atoms. The van der Waals surface area contributed by atoms with Crippen molar-refractivity contribution in [3.63, 3.8) is 0 Å². The molecule has 88 valence electrons. The van der Waals surface area contributed by atoms with Gasteiger partial charge in [0.1, 0.15) is 11.5 Å². The van der Waals surface area contributed by atoms with E-state index in [4.69, 9.17) is 5.73 Å². The molecule has 1 aromatic carbocycles. The van der Waals surface area contributed by atoms with Crippen LogP contribution in [0.15, 0.2) is 59.4 Å².